The molecule has 0 aromatic heterocycles. The van der Waals surface area contributed by atoms with E-state index in [-0.39, 0.29) is 12.7 Å². The molecule has 2 aromatic carbocycles. The van der Waals surface area contributed by atoms with Crippen molar-refractivity contribution < 1.29 is 28.5 Å². The Bertz CT molecular complexity index is 711. The van der Waals surface area contributed by atoms with Crippen molar-refractivity contribution >= 4 is 12.8 Å². The zero-order valence-corrected chi connectivity index (χ0v) is 14.8. The van der Waals surface area contributed by atoms with E-state index >= 15 is 0 Å². The van der Waals surface area contributed by atoms with Crippen molar-refractivity contribution in [3.05, 3.63) is 53.6 Å². The van der Waals surface area contributed by atoms with Gasteiger partial charge in [-0.15, -0.1) is 0 Å². The first-order valence-corrected chi connectivity index (χ1v) is 8.18. The average Bonchev–Trinajstić information content (AvgIpc) is 2.69. The van der Waals surface area contributed by atoms with Crippen LogP contribution in [0.25, 0.3) is 0 Å². The van der Waals surface area contributed by atoms with E-state index in [2.05, 4.69) is 0 Å². The Morgan fingerprint density at radius 2 is 1.69 bits per heavy atom. The molecule has 0 fully saturated rings. The van der Waals surface area contributed by atoms with Crippen molar-refractivity contribution in [2.75, 3.05) is 20.8 Å². The second-order valence-corrected chi connectivity index (χ2v) is 5.50. The Labute approximate surface area is 152 Å². The molecule has 6 nitrogen and oxygen atoms in total. The van der Waals surface area contributed by atoms with Gasteiger partial charge in [-0.3, -0.25) is 9.59 Å². The maximum absolute atomic E-state index is 10.9. The van der Waals surface area contributed by atoms with Gasteiger partial charge in [-0.1, -0.05) is 18.2 Å². The third kappa shape index (κ3) is 5.24. The quantitative estimate of drug-likeness (QED) is 0.575. The van der Waals surface area contributed by atoms with Crippen LogP contribution in [0.5, 0.6) is 17.2 Å². The summed E-state index contributed by atoms with van der Waals surface area (Å²) in [5.74, 6) is 1.92. The van der Waals surface area contributed by atoms with Crippen LogP contribution in [0.1, 0.15) is 23.7 Å². The van der Waals surface area contributed by atoms with E-state index in [1.165, 1.54) is 0 Å². The van der Waals surface area contributed by atoms with Gasteiger partial charge in [0.05, 0.1) is 14.2 Å². The maximum atomic E-state index is 10.9. The first kappa shape index (κ1) is 19.3. The van der Waals surface area contributed by atoms with E-state index in [1.807, 2.05) is 30.3 Å². The topological polar surface area (TPSA) is 71.1 Å². The van der Waals surface area contributed by atoms with E-state index in [0.717, 1.165) is 11.1 Å². The number of methoxy groups -OCH3 is 2. The van der Waals surface area contributed by atoms with Crippen molar-refractivity contribution in [1.82, 2.24) is 0 Å². The molecule has 0 aliphatic carbocycles. The fourth-order valence-corrected chi connectivity index (χ4v) is 2.62. The summed E-state index contributed by atoms with van der Waals surface area (Å²) in [6.45, 7) is 0.461. The summed E-state index contributed by atoms with van der Waals surface area (Å²) in [6.07, 6.45) is 1.63. The molecule has 0 radical (unpaired) electrons. The predicted octanol–water partition coefficient (Wildman–Crippen LogP) is 3.13. The van der Waals surface area contributed by atoms with E-state index in [1.54, 1.807) is 26.4 Å². The SMILES string of the molecule is COc1ccc(CCC(OC=O)c2ccc(OCC=O)cc2)cc1OC. The second kappa shape index (κ2) is 10.1. The summed E-state index contributed by atoms with van der Waals surface area (Å²) in [5, 5.41) is 0. The van der Waals surface area contributed by atoms with Crippen molar-refractivity contribution in [3.8, 4) is 17.2 Å². The lowest BCUT2D eigenvalue weighted by atomic mass is 10.0. The summed E-state index contributed by atoms with van der Waals surface area (Å²) >= 11 is 0. The van der Waals surface area contributed by atoms with Crippen LogP contribution in [0.15, 0.2) is 42.5 Å². The first-order chi connectivity index (χ1) is 12.7. The lowest BCUT2D eigenvalue weighted by molar-refractivity contribution is -0.134. The Balaban J connectivity index is 2.06. The minimum Gasteiger partial charge on any atom is -0.493 e. The number of carbonyl (C=O) groups excluding carboxylic acids is 2. The Kier molecular flexibility index (Phi) is 7.49. The van der Waals surface area contributed by atoms with Gasteiger partial charge in [-0.05, 0) is 48.2 Å². The molecule has 0 spiro atoms. The Morgan fingerprint density at radius 1 is 0.962 bits per heavy atom. The number of hydrogen-bond acceptors (Lipinski definition) is 6. The standard InChI is InChI=1S/C20H22O6/c1-23-19-10-4-15(13-20(19)24-2)3-9-18(26-14-22)16-5-7-17(8-6-16)25-12-11-21/h4-8,10-11,13-14,18H,3,9,12H2,1-2H3. The summed E-state index contributed by atoms with van der Waals surface area (Å²) in [7, 11) is 3.18. The third-order valence-electron chi connectivity index (χ3n) is 3.93. The summed E-state index contributed by atoms with van der Waals surface area (Å²) in [6, 6.07) is 12.9. The van der Waals surface area contributed by atoms with Crippen LogP contribution in [0, 0.1) is 0 Å². The summed E-state index contributed by atoms with van der Waals surface area (Å²) < 4.78 is 21.0. The minimum atomic E-state index is -0.374. The molecule has 26 heavy (non-hydrogen) atoms. The fraction of sp³-hybridized carbons (Fsp3) is 0.300. The van der Waals surface area contributed by atoms with E-state index in [0.29, 0.717) is 42.8 Å². The smallest absolute Gasteiger partial charge is 0.293 e. The highest BCUT2D eigenvalue weighted by molar-refractivity contribution is 5.51. The van der Waals surface area contributed by atoms with Gasteiger partial charge in [0.15, 0.2) is 17.8 Å². The Hall–Kier alpha value is -3.02. The monoisotopic (exact) mass is 358 g/mol. The van der Waals surface area contributed by atoms with E-state index < -0.39 is 0 Å². The molecule has 0 N–H and O–H groups in total. The van der Waals surface area contributed by atoms with Crippen LogP contribution in [0.4, 0.5) is 0 Å². The minimum absolute atomic E-state index is 0.00686. The average molecular weight is 358 g/mol. The molecular formula is C20H22O6. The van der Waals surface area contributed by atoms with Gasteiger partial charge in [0, 0.05) is 0 Å². The molecule has 1 unspecified atom stereocenters. The zero-order chi connectivity index (χ0) is 18.8. The molecule has 0 bridgehead atoms. The van der Waals surface area contributed by atoms with Crippen LogP contribution in [0.3, 0.4) is 0 Å². The molecular weight excluding hydrogens is 336 g/mol. The highest BCUT2D eigenvalue weighted by atomic mass is 16.5. The second-order valence-electron chi connectivity index (χ2n) is 5.50. The van der Waals surface area contributed by atoms with Gasteiger partial charge in [-0.25, -0.2) is 0 Å². The number of aldehydes is 1. The lowest BCUT2D eigenvalue weighted by Crippen LogP contribution is -2.06. The van der Waals surface area contributed by atoms with E-state index in [4.69, 9.17) is 18.9 Å². The van der Waals surface area contributed by atoms with Gasteiger partial charge < -0.3 is 18.9 Å². The van der Waals surface area contributed by atoms with Gasteiger partial charge in [0.2, 0.25) is 0 Å². The van der Waals surface area contributed by atoms with Gasteiger partial charge >= 0.3 is 0 Å². The number of aryl methyl sites for hydroxylation is 1. The van der Waals surface area contributed by atoms with Crippen LogP contribution >= 0.6 is 0 Å². The van der Waals surface area contributed by atoms with Crippen molar-refractivity contribution in [2.24, 2.45) is 0 Å². The summed E-state index contributed by atoms with van der Waals surface area (Å²) in [4.78, 5) is 21.2. The summed E-state index contributed by atoms with van der Waals surface area (Å²) in [5.41, 5.74) is 1.91. The molecule has 0 amide bonds. The molecule has 0 aliphatic heterocycles. The molecule has 0 saturated carbocycles. The van der Waals surface area contributed by atoms with Crippen molar-refractivity contribution in [1.29, 1.82) is 0 Å². The van der Waals surface area contributed by atoms with Crippen molar-refractivity contribution in [3.63, 3.8) is 0 Å². The molecule has 1 atom stereocenters. The normalized spacial score (nSPS) is 11.3. The maximum Gasteiger partial charge on any atom is 0.293 e. The van der Waals surface area contributed by atoms with Gasteiger partial charge in [0.25, 0.3) is 6.47 Å². The number of carbonyl (C=O) groups is 2. The molecule has 2 aromatic rings. The van der Waals surface area contributed by atoms with Crippen LogP contribution in [-0.2, 0) is 20.7 Å². The highest BCUT2D eigenvalue weighted by Gasteiger charge is 2.14. The molecule has 2 rings (SSSR count). The molecule has 6 heteroatoms. The first-order valence-electron chi connectivity index (χ1n) is 8.18. The largest absolute Gasteiger partial charge is 0.493 e. The fourth-order valence-electron chi connectivity index (χ4n) is 2.62. The Morgan fingerprint density at radius 3 is 2.31 bits per heavy atom. The zero-order valence-electron chi connectivity index (χ0n) is 14.8. The lowest BCUT2D eigenvalue weighted by Gasteiger charge is -2.17. The van der Waals surface area contributed by atoms with Crippen LogP contribution in [-0.4, -0.2) is 33.6 Å². The number of ether oxygens (including phenoxy) is 4. The molecule has 138 valence electrons. The van der Waals surface area contributed by atoms with Crippen molar-refractivity contribution in [2.45, 2.75) is 18.9 Å². The molecule has 0 saturated heterocycles. The predicted molar refractivity (Wildman–Crippen MR) is 95.8 cm³/mol. The van der Waals surface area contributed by atoms with Gasteiger partial charge in [-0.2, -0.15) is 0 Å². The van der Waals surface area contributed by atoms with E-state index in [9.17, 15) is 9.59 Å². The van der Waals surface area contributed by atoms with Gasteiger partial charge in [0.1, 0.15) is 18.5 Å². The van der Waals surface area contributed by atoms with Crippen LogP contribution in [0.2, 0.25) is 0 Å². The number of benzene rings is 2. The molecule has 0 aliphatic rings. The molecule has 0 heterocycles. The third-order valence-corrected chi connectivity index (χ3v) is 3.93. The highest BCUT2D eigenvalue weighted by Crippen LogP contribution is 2.30. The number of rotatable bonds is 11. The number of hydrogen-bond donors (Lipinski definition) is 0. The van der Waals surface area contributed by atoms with Crippen LogP contribution < -0.4 is 14.2 Å².